The SMILES string of the molecule is Cc1ccc(C(C)(C)C)c(OCCNC(=O)CBr)c1. The molecule has 0 aliphatic heterocycles. The van der Waals surface area contributed by atoms with Crippen LogP contribution < -0.4 is 10.1 Å². The summed E-state index contributed by atoms with van der Waals surface area (Å²) in [5, 5.41) is 3.09. The van der Waals surface area contributed by atoms with Gasteiger partial charge in [-0.05, 0) is 29.5 Å². The number of hydrogen-bond acceptors (Lipinski definition) is 2. The van der Waals surface area contributed by atoms with Crippen molar-refractivity contribution in [3.05, 3.63) is 29.3 Å². The van der Waals surface area contributed by atoms with Crippen LogP contribution in [0, 0.1) is 6.92 Å². The Morgan fingerprint density at radius 1 is 1.37 bits per heavy atom. The van der Waals surface area contributed by atoms with Crippen LogP contribution in [-0.4, -0.2) is 24.4 Å². The van der Waals surface area contributed by atoms with Crippen LogP contribution in [0.1, 0.15) is 31.9 Å². The van der Waals surface area contributed by atoms with Crippen molar-refractivity contribution in [1.29, 1.82) is 0 Å². The van der Waals surface area contributed by atoms with Gasteiger partial charge in [0.2, 0.25) is 5.91 Å². The summed E-state index contributed by atoms with van der Waals surface area (Å²) in [4.78, 5) is 11.1. The van der Waals surface area contributed by atoms with Gasteiger partial charge in [0.05, 0.1) is 11.9 Å². The standard InChI is InChI=1S/C15H22BrNO2/c1-11-5-6-12(15(2,3)4)13(9-11)19-8-7-17-14(18)10-16/h5-6,9H,7-8,10H2,1-4H3,(H,17,18). The van der Waals surface area contributed by atoms with E-state index in [1.54, 1.807) is 0 Å². The maximum Gasteiger partial charge on any atom is 0.230 e. The van der Waals surface area contributed by atoms with Crippen molar-refractivity contribution in [3.8, 4) is 5.75 Å². The fourth-order valence-corrected chi connectivity index (χ4v) is 1.97. The zero-order chi connectivity index (χ0) is 14.5. The molecule has 1 rings (SSSR count). The van der Waals surface area contributed by atoms with Crippen molar-refractivity contribution >= 4 is 21.8 Å². The summed E-state index contributed by atoms with van der Waals surface area (Å²) in [6.07, 6.45) is 0. The molecule has 0 heterocycles. The van der Waals surface area contributed by atoms with Gasteiger partial charge < -0.3 is 10.1 Å². The maximum absolute atomic E-state index is 11.1. The number of rotatable bonds is 5. The molecule has 1 N–H and O–H groups in total. The molecule has 106 valence electrons. The minimum Gasteiger partial charge on any atom is -0.491 e. The maximum atomic E-state index is 11.1. The average molecular weight is 328 g/mol. The first-order chi connectivity index (χ1) is 8.84. The van der Waals surface area contributed by atoms with Crippen molar-refractivity contribution in [2.24, 2.45) is 0 Å². The van der Waals surface area contributed by atoms with Gasteiger partial charge in [-0.2, -0.15) is 0 Å². The summed E-state index contributed by atoms with van der Waals surface area (Å²) < 4.78 is 5.81. The van der Waals surface area contributed by atoms with E-state index in [1.807, 2.05) is 13.0 Å². The average Bonchev–Trinajstić information content (AvgIpc) is 2.32. The molecule has 0 atom stereocenters. The van der Waals surface area contributed by atoms with Crippen molar-refractivity contribution in [2.75, 3.05) is 18.5 Å². The molecule has 0 saturated heterocycles. The molecule has 0 bridgehead atoms. The van der Waals surface area contributed by atoms with E-state index in [0.717, 1.165) is 5.75 Å². The zero-order valence-electron chi connectivity index (χ0n) is 12.0. The lowest BCUT2D eigenvalue weighted by Crippen LogP contribution is -2.29. The quantitative estimate of drug-likeness (QED) is 0.666. The molecule has 1 amide bonds. The first-order valence-electron chi connectivity index (χ1n) is 6.41. The van der Waals surface area contributed by atoms with Crippen molar-refractivity contribution in [3.63, 3.8) is 0 Å². The molecule has 0 spiro atoms. The van der Waals surface area contributed by atoms with Gasteiger partial charge in [0.15, 0.2) is 0 Å². The first-order valence-corrected chi connectivity index (χ1v) is 7.53. The van der Waals surface area contributed by atoms with Crippen LogP contribution in [0.3, 0.4) is 0 Å². The predicted molar refractivity (Wildman–Crippen MR) is 82.2 cm³/mol. The Morgan fingerprint density at radius 3 is 2.63 bits per heavy atom. The Kier molecular flexibility index (Phi) is 5.85. The highest BCUT2D eigenvalue weighted by Crippen LogP contribution is 2.31. The van der Waals surface area contributed by atoms with E-state index in [2.05, 4.69) is 54.2 Å². The van der Waals surface area contributed by atoms with Crippen LogP contribution in [-0.2, 0) is 10.2 Å². The number of hydrogen-bond donors (Lipinski definition) is 1. The lowest BCUT2D eigenvalue weighted by Gasteiger charge is -2.23. The summed E-state index contributed by atoms with van der Waals surface area (Å²) in [6.45, 7) is 9.53. The third-order valence-electron chi connectivity index (χ3n) is 2.75. The summed E-state index contributed by atoms with van der Waals surface area (Å²) in [7, 11) is 0. The molecule has 0 aromatic heterocycles. The van der Waals surface area contributed by atoms with Gasteiger partial charge in [-0.15, -0.1) is 0 Å². The monoisotopic (exact) mass is 327 g/mol. The van der Waals surface area contributed by atoms with Gasteiger partial charge >= 0.3 is 0 Å². The minimum atomic E-state index is -0.0242. The molecule has 0 unspecified atom stereocenters. The van der Waals surface area contributed by atoms with E-state index < -0.39 is 0 Å². The molecule has 1 aromatic carbocycles. The fraction of sp³-hybridized carbons (Fsp3) is 0.533. The molecule has 0 aliphatic carbocycles. The third kappa shape index (κ3) is 5.23. The number of amides is 1. The number of aryl methyl sites for hydroxylation is 1. The normalized spacial score (nSPS) is 11.2. The fourth-order valence-electron chi connectivity index (χ4n) is 1.77. The second-order valence-corrected chi connectivity index (χ2v) is 6.14. The smallest absolute Gasteiger partial charge is 0.230 e. The molecular weight excluding hydrogens is 306 g/mol. The molecule has 1 aromatic rings. The van der Waals surface area contributed by atoms with Crippen molar-refractivity contribution in [2.45, 2.75) is 33.1 Å². The Bertz CT molecular complexity index is 438. The second-order valence-electron chi connectivity index (χ2n) is 5.58. The number of ether oxygens (including phenoxy) is 1. The number of carbonyl (C=O) groups is 1. The summed E-state index contributed by atoms with van der Waals surface area (Å²) in [6, 6.07) is 6.26. The summed E-state index contributed by atoms with van der Waals surface area (Å²) in [5.74, 6) is 0.879. The number of halogens is 1. The molecule has 0 fully saturated rings. The van der Waals surface area contributed by atoms with Gasteiger partial charge in [0.1, 0.15) is 12.4 Å². The highest BCUT2D eigenvalue weighted by molar-refractivity contribution is 9.09. The minimum absolute atomic E-state index is 0.0242. The lowest BCUT2D eigenvalue weighted by atomic mass is 9.86. The summed E-state index contributed by atoms with van der Waals surface area (Å²) >= 11 is 3.11. The Hall–Kier alpha value is -1.03. The van der Waals surface area contributed by atoms with Crippen LogP contribution >= 0.6 is 15.9 Å². The van der Waals surface area contributed by atoms with E-state index in [4.69, 9.17) is 4.74 Å². The number of alkyl halides is 1. The second kappa shape index (κ2) is 6.94. The first kappa shape index (κ1) is 16.0. The number of benzene rings is 1. The highest BCUT2D eigenvalue weighted by atomic mass is 79.9. The van der Waals surface area contributed by atoms with Gasteiger partial charge in [0.25, 0.3) is 0 Å². The van der Waals surface area contributed by atoms with E-state index in [-0.39, 0.29) is 11.3 Å². The highest BCUT2D eigenvalue weighted by Gasteiger charge is 2.18. The van der Waals surface area contributed by atoms with Gasteiger partial charge in [-0.25, -0.2) is 0 Å². The van der Waals surface area contributed by atoms with E-state index in [1.165, 1.54) is 11.1 Å². The largest absolute Gasteiger partial charge is 0.491 e. The molecule has 0 radical (unpaired) electrons. The van der Waals surface area contributed by atoms with Crippen molar-refractivity contribution < 1.29 is 9.53 Å². The van der Waals surface area contributed by atoms with E-state index in [0.29, 0.717) is 18.5 Å². The molecule has 3 nitrogen and oxygen atoms in total. The predicted octanol–water partition coefficient (Wildman–Crippen LogP) is 3.18. The number of nitrogens with one attached hydrogen (secondary N) is 1. The Morgan fingerprint density at radius 2 is 2.05 bits per heavy atom. The lowest BCUT2D eigenvalue weighted by molar-refractivity contribution is -0.118. The van der Waals surface area contributed by atoms with E-state index >= 15 is 0 Å². The van der Waals surface area contributed by atoms with Crippen LogP contribution in [0.15, 0.2) is 18.2 Å². The van der Waals surface area contributed by atoms with Crippen LogP contribution in [0.4, 0.5) is 0 Å². The Balaban J connectivity index is 2.66. The van der Waals surface area contributed by atoms with E-state index in [9.17, 15) is 4.79 Å². The van der Waals surface area contributed by atoms with Gasteiger partial charge in [0, 0.05) is 0 Å². The number of carbonyl (C=O) groups excluding carboxylic acids is 1. The summed E-state index contributed by atoms with van der Waals surface area (Å²) in [5.41, 5.74) is 2.40. The van der Waals surface area contributed by atoms with Crippen LogP contribution in [0.2, 0.25) is 0 Å². The van der Waals surface area contributed by atoms with Crippen LogP contribution in [0.5, 0.6) is 5.75 Å². The zero-order valence-corrected chi connectivity index (χ0v) is 13.6. The Labute approximate surface area is 123 Å². The van der Waals surface area contributed by atoms with Crippen molar-refractivity contribution in [1.82, 2.24) is 5.32 Å². The molecule has 4 heteroatoms. The molecule has 19 heavy (non-hydrogen) atoms. The third-order valence-corrected chi connectivity index (χ3v) is 3.26. The molecule has 0 saturated carbocycles. The van der Waals surface area contributed by atoms with Gasteiger partial charge in [-0.1, -0.05) is 48.8 Å². The van der Waals surface area contributed by atoms with Gasteiger partial charge in [-0.3, -0.25) is 4.79 Å². The van der Waals surface area contributed by atoms with Crippen LogP contribution in [0.25, 0.3) is 0 Å². The topological polar surface area (TPSA) is 38.3 Å². The molecular formula is C15H22BrNO2. The molecule has 0 aliphatic rings.